The van der Waals surface area contributed by atoms with Gasteiger partial charge in [-0.15, -0.1) is 0 Å². The molecule has 1 aliphatic rings. The van der Waals surface area contributed by atoms with E-state index in [4.69, 9.17) is 9.84 Å². The summed E-state index contributed by atoms with van der Waals surface area (Å²) in [7, 11) is 0. The first kappa shape index (κ1) is 11.5. The Balaban J connectivity index is 2.41. The number of esters is 1. The van der Waals surface area contributed by atoms with Crippen LogP contribution in [0.15, 0.2) is 0 Å². The molecule has 1 saturated carbocycles. The van der Waals surface area contributed by atoms with Crippen molar-refractivity contribution in [1.82, 2.24) is 0 Å². The van der Waals surface area contributed by atoms with Gasteiger partial charge in [0.15, 0.2) is 4.51 Å². The lowest BCUT2D eigenvalue weighted by Gasteiger charge is -2.30. The van der Waals surface area contributed by atoms with Crippen molar-refractivity contribution in [3.05, 3.63) is 0 Å². The largest absolute Gasteiger partial charge is 0.481 e. The molecule has 1 fully saturated rings. The molecule has 1 N–H and O–H groups in total. The van der Waals surface area contributed by atoms with Crippen LogP contribution in [0.4, 0.5) is 0 Å². The summed E-state index contributed by atoms with van der Waals surface area (Å²) in [5.74, 6) is -1.82. The van der Waals surface area contributed by atoms with E-state index in [1.165, 1.54) is 0 Å². The molecule has 0 unspecified atom stereocenters. The van der Waals surface area contributed by atoms with Gasteiger partial charge in [-0.25, -0.2) is 0 Å². The van der Waals surface area contributed by atoms with Crippen LogP contribution in [-0.4, -0.2) is 21.6 Å². The van der Waals surface area contributed by atoms with Crippen LogP contribution in [0, 0.1) is 0 Å². The van der Waals surface area contributed by atoms with Gasteiger partial charge in [-0.1, -0.05) is 6.42 Å². The summed E-state index contributed by atoms with van der Waals surface area (Å²) in [5, 5.41) is 8.38. The van der Waals surface area contributed by atoms with Crippen molar-refractivity contribution >= 4 is 27.9 Å². The summed E-state index contributed by atoms with van der Waals surface area (Å²) in [6.45, 7) is 0. The number of carboxylic acids is 1. The third-order valence-corrected chi connectivity index (χ3v) is 3.15. The number of carbonyl (C=O) groups is 2. The number of ether oxygens (including phenoxy) is 1. The number of hydrogen-bond donors (Lipinski definition) is 1. The zero-order valence-corrected chi connectivity index (χ0v) is 9.38. The molecule has 1 aliphatic carbocycles. The van der Waals surface area contributed by atoms with Gasteiger partial charge in [0.2, 0.25) is 0 Å². The number of halogens is 1. The Morgan fingerprint density at radius 3 is 2.36 bits per heavy atom. The van der Waals surface area contributed by atoms with Crippen molar-refractivity contribution in [3.63, 3.8) is 0 Å². The maximum atomic E-state index is 11.1. The minimum Gasteiger partial charge on any atom is -0.481 e. The molecule has 4 nitrogen and oxygen atoms in total. The van der Waals surface area contributed by atoms with Crippen LogP contribution in [0.2, 0.25) is 0 Å². The Labute approximate surface area is 90.8 Å². The molecule has 0 aromatic carbocycles. The zero-order chi connectivity index (χ0) is 10.6. The number of hydrogen-bond acceptors (Lipinski definition) is 3. The zero-order valence-electron chi connectivity index (χ0n) is 7.79. The average Bonchev–Trinajstić information content (AvgIpc) is 2.02. The van der Waals surface area contributed by atoms with Gasteiger partial charge in [-0.05, 0) is 41.6 Å². The minimum atomic E-state index is -1.15. The fourth-order valence-corrected chi connectivity index (χ4v) is 2.29. The van der Waals surface area contributed by atoms with E-state index in [1.54, 1.807) is 0 Å². The first-order valence-corrected chi connectivity index (χ1v) is 5.44. The topological polar surface area (TPSA) is 63.6 Å². The van der Waals surface area contributed by atoms with Crippen LogP contribution in [0.3, 0.4) is 0 Å². The third kappa shape index (κ3) is 3.65. The Morgan fingerprint density at radius 1 is 1.29 bits per heavy atom. The lowest BCUT2D eigenvalue weighted by atomic mass is 9.97. The Kier molecular flexibility index (Phi) is 3.92. The second kappa shape index (κ2) is 4.77. The summed E-state index contributed by atoms with van der Waals surface area (Å²) in [6.07, 6.45) is 4.12. The lowest BCUT2D eigenvalue weighted by Crippen LogP contribution is -2.31. The van der Waals surface area contributed by atoms with Gasteiger partial charge >= 0.3 is 11.9 Å². The molecule has 0 atom stereocenters. The third-order valence-electron chi connectivity index (χ3n) is 2.19. The van der Waals surface area contributed by atoms with E-state index in [0.717, 1.165) is 32.1 Å². The van der Waals surface area contributed by atoms with Gasteiger partial charge in [-0.3, -0.25) is 9.59 Å². The number of alkyl halides is 1. The van der Waals surface area contributed by atoms with Crippen LogP contribution in [0.5, 0.6) is 0 Å². The van der Waals surface area contributed by atoms with Gasteiger partial charge in [0.25, 0.3) is 0 Å². The Morgan fingerprint density at radius 2 is 1.86 bits per heavy atom. The summed E-state index contributed by atoms with van der Waals surface area (Å²) >= 11 is 3.35. The average molecular weight is 265 g/mol. The quantitative estimate of drug-likeness (QED) is 0.482. The molecular weight excluding hydrogens is 252 g/mol. The normalized spacial score (nSPS) is 20.1. The lowest BCUT2D eigenvalue weighted by molar-refractivity contribution is -0.157. The Hall–Kier alpha value is -0.580. The van der Waals surface area contributed by atoms with Gasteiger partial charge in [-0.2, -0.15) is 0 Å². The van der Waals surface area contributed by atoms with Gasteiger partial charge < -0.3 is 9.84 Å². The molecular formula is C9H13BrO4. The molecule has 0 spiro atoms. The molecule has 0 amide bonds. The molecule has 0 bridgehead atoms. The number of carboxylic acid groups (broad SMARTS) is 1. The van der Waals surface area contributed by atoms with E-state index in [2.05, 4.69) is 15.9 Å². The van der Waals surface area contributed by atoms with E-state index < -0.39 is 22.9 Å². The first-order valence-electron chi connectivity index (χ1n) is 4.64. The second-order valence-electron chi connectivity index (χ2n) is 3.49. The monoisotopic (exact) mass is 264 g/mol. The summed E-state index contributed by atoms with van der Waals surface area (Å²) < 4.78 is 4.47. The molecule has 5 heteroatoms. The van der Waals surface area contributed by atoms with Crippen molar-refractivity contribution < 1.29 is 19.4 Å². The predicted octanol–water partition coefficient (Wildman–Crippen LogP) is 2.06. The summed E-state index contributed by atoms with van der Waals surface area (Å²) in [4.78, 5) is 21.3. The van der Waals surface area contributed by atoms with Crippen molar-refractivity contribution in [2.75, 3.05) is 0 Å². The summed E-state index contributed by atoms with van der Waals surface area (Å²) in [5.41, 5.74) is 0. The van der Waals surface area contributed by atoms with Gasteiger partial charge in [0.05, 0.1) is 0 Å². The van der Waals surface area contributed by atoms with Crippen molar-refractivity contribution in [2.45, 2.75) is 43.0 Å². The molecule has 0 heterocycles. The van der Waals surface area contributed by atoms with E-state index >= 15 is 0 Å². The second-order valence-corrected chi connectivity index (χ2v) is 4.93. The van der Waals surface area contributed by atoms with Crippen LogP contribution in [0.25, 0.3) is 0 Å². The van der Waals surface area contributed by atoms with E-state index in [9.17, 15) is 9.59 Å². The molecule has 0 aliphatic heterocycles. The maximum absolute atomic E-state index is 11.1. The highest BCUT2D eigenvalue weighted by Crippen LogP contribution is 2.37. The summed E-state index contributed by atoms with van der Waals surface area (Å²) in [6, 6.07) is 0. The SMILES string of the molecule is O=C(O)CC(=O)OC1(Br)CCCCC1. The highest BCUT2D eigenvalue weighted by Gasteiger charge is 2.33. The van der Waals surface area contributed by atoms with E-state index in [-0.39, 0.29) is 0 Å². The van der Waals surface area contributed by atoms with Gasteiger partial charge in [0, 0.05) is 0 Å². The number of carbonyl (C=O) groups excluding carboxylic acids is 1. The smallest absolute Gasteiger partial charge is 0.318 e. The number of aliphatic carboxylic acids is 1. The molecule has 0 saturated heterocycles. The molecule has 1 rings (SSSR count). The van der Waals surface area contributed by atoms with Crippen LogP contribution in [-0.2, 0) is 14.3 Å². The predicted molar refractivity (Wildman–Crippen MR) is 53.1 cm³/mol. The van der Waals surface area contributed by atoms with Crippen molar-refractivity contribution in [2.24, 2.45) is 0 Å². The maximum Gasteiger partial charge on any atom is 0.318 e. The molecule has 0 radical (unpaired) electrons. The standard InChI is InChI=1S/C9H13BrO4/c10-9(4-2-1-3-5-9)14-8(13)6-7(11)12/h1-6H2,(H,11,12). The fourth-order valence-electron chi connectivity index (χ4n) is 1.55. The molecule has 80 valence electrons. The van der Waals surface area contributed by atoms with Crippen LogP contribution >= 0.6 is 15.9 Å². The molecule has 0 aromatic rings. The first-order chi connectivity index (χ1) is 6.52. The highest BCUT2D eigenvalue weighted by atomic mass is 79.9. The highest BCUT2D eigenvalue weighted by molar-refractivity contribution is 9.10. The fraction of sp³-hybridized carbons (Fsp3) is 0.778. The van der Waals surface area contributed by atoms with Crippen LogP contribution in [0.1, 0.15) is 38.5 Å². The Bertz CT molecular complexity index is 233. The molecule has 14 heavy (non-hydrogen) atoms. The van der Waals surface area contributed by atoms with Crippen molar-refractivity contribution in [1.29, 1.82) is 0 Å². The van der Waals surface area contributed by atoms with E-state index in [0.29, 0.717) is 0 Å². The minimum absolute atomic E-state index is 0.562. The van der Waals surface area contributed by atoms with E-state index in [1.807, 2.05) is 0 Å². The number of rotatable bonds is 3. The molecule has 0 aromatic heterocycles. The van der Waals surface area contributed by atoms with Crippen LogP contribution < -0.4 is 0 Å². The van der Waals surface area contributed by atoms with Gasteiger partial charge in [0.1, 0.15) is 6.42 Å². The van der Waals surface area contributed by atoms with Crippen molar-refractivity contribution in [3.8, 4) is 0 Å².